The van der Waals surface area contributed by atoms with Crippen molar-refractivity contribution in [2.24, 2.45) is 11.1 Å². The molecule has 0 bridgehead atoms. The van der Waals surface area contributed by atoms with Crippen molar-refractivity contribution in [3.05, 3.63) is 21.9 Å². The van der Waals surface area contributed by atoms with Crippen LogP contribution in [0.4, 0.5) is 0 Å². The molecule has 1 unspecified atom stereocenters. The fourth-order valence-electron chi connectivity index (χ4n) is 2.39. The van der Waals surface area contributed by atoms with Gasteiger partial charge in [0.1, 0.15) is 0 Å². The molecule has 2 rings (SSSR count). The molecule has 1 aliphatic rings. The number of carbonyl (C=O) groups is 1. The molecule has 0 radical (unpaired) electrons. The summed E-state index contributed by atoms with van der Waals surface area (Å²) in [5, 5.41) is 1.85. The van der Waals surface area contributed by atoms with Crippen molar-refractivity contribution < 1.29 is 9.53 Å². The van der Waals surface area contributed by atoms with Crippen molar-refractivity contribution in [2.75, 3.05) is 13.7 Å². The SMILES string of the molecule is COC(=O)c1csc(C2(CN)CC2(C)C)c1. The molecule has 88 valence electrons. The highest BCUT2D eigenvalue weighted by molar-refractivity contribution is 7.10. The molecule has 1 fully saturated rings. The number of rotatable bonds is 3. The predicted octanol–water partition coefficient (Wildman–Crippen LogP) is 2.16. The van der Waals surface area contributed by atoms with Crippen LogP contribution in [0.1, 0.15) is 35.5 Å². The van der Waals surface area contributed by atoms with E-state index in [1.54, 1.807) is 11.3 Å². The molecule has 3 nitrogen and oxygen atoms in total. The van der Waals surface area contributed by atoms with Gasteiger partial charge in [-0.25, -0.2) is 4.79 Å². The summed E-state index contributed by atoms with van der Waals surface area (Å²) < 4.78 is 4.70. The third-order valence-corrected chi connectivity index (χ3v) is 4.89. The first-order valence-electron chi connectivity index (χ1n) is 5.34. The Hall–Kier alpha value is -0.870. The monoisotopic (exact) mass is 239 g/mol. The Bertz CT molecular complexity index is 424. The summed E-state index contributed by atoms with van der Waals surface area (Å²) in [7, 11) is 1.40. The minimum atomic E-state index is -0.270. The van der Waals surface area contributed by atoms with Gasteiger partial charge in [0.15, 0.2) is 0 Å². The van der Waals surface area contributed by atoms with Gasteiger partial charge in [-0.3, -0.25) is 0 Å². The van der Waals surface area contributed by atoms with Crippen LogP contribution in [-0.4, -0.2) is 19.6 Å². The summed E-state index contributed by atoms with van der Waals surface area (Å²) in [5.41, 5.74) is 6.85. The van der Waals surface area contributed by atoms with E-state index in [4.69, 9.17) is 10.5 Å². The summed E-state index contributed by atoms with van der Waals surface area (Å²) in [6, 6.07) is 1.93. The second-order valence-corrected chi connectivity index (χ2v) is 5.95. The molecule has 0 spiro atoms. The average Bonchev–Trinajstić information content (AvgIpc) is 2.68. The van der Waals surface area contributed by atoms with Gasteiger partial charge in [0.2, 0.25) is 0 Å². The Morgan fingerprint density at radius 2 is 2.25 bits per heavy atom. The van der Waals surface area contributed by atoms with Crippen LogP contribution in [0.2, 0.25) is 0 Å². The van der Waals surface area contributed by atoms with E-state index in [0.29, 0.717) is 12.1 Å². The minimum Gasteiger partial charge on any atom is -0.465 e. The zero-order valence-corrected chi connectivity index (χ0v) is 10.7. The highest BCUT2D eigenvalue weighted by atomic mass is 32.1. The first-order chi connectivity index (χ1) is 7.47. The summed E-state index contributed by atoms with van der Waals surface area (Å²) in [6.07, 6.45) is 1.09. The van der Waals surface area contributed by atoms with Crippen LogP contribution in [0.25, 0.3) is 0 Å². The van der Waals surface area contributed by atoms with E-state index in [-0.39, 0.29) is 16.8 Å². The largest absolute Gasteiger partial charge is 0.465 e. The van der Waals surface area contributed by atoms with Crippen molar-refractivity contribution in [3.8, 4) is 0 Å². The lowest BCUT2D eigenvalue weighted by Crippen LogP contribution is -2.24. The van der Waals surface area contributed by atoms with Gasteiger partial charge in [0.05, 0.1) is 12.7 Å². The molecule has 1 atom stereocenters. The molecule has 16 heavy (non-hydrogen) atoms. The second-order valence-electron chi connectivity index (χ2n) is 5.04. The number of hydrogen-bond acceptors (Lipinski definition) is 4. The number of carbonyl (C=O) groups excluding carboxylic acids is 1. The molecule has 0 aromatic carbocycles. The van der Waals surface area contributed by atoms with Gasteiger partial charge in [-0.15, -0.1) is 11.3 Å². The summed E-state index contributed by atoms with van der Waals surface area (Å²) >= 11 is 1.61. The third kappa shape index (κ3) is 1.48. The Kier molecular flexibility index (Phi) is 2.59. The highest BCUT2D eigenvalue weighted by Crippen LogP contribution is 2.64. The van der Waals surface area contributed by atoms with Crippen molar-refractivity contribution in [2.45, 2.75) is 25.7 Å². The lowest BCUT2D eigenvalue weighted by Gasteiger charge is -2.16. The maximum atomic E-state index is 11.4. The molecular formula is C12H17NO2S. The van der Waals surface area contributed by atoms with Crippen LogP contribution in [0, 0.1) is 5.41 Å². The molecule has 2 N–H and O–H groups in total. The summed E-state index contributed by atoms with van der Waals surface area (Å²) in [6.45, 7) is 5.08. The van der Waals surface area contributed by atoms with Crippen molar-refractivity contribution in [3.63, 3.8) is 0 Å². The first-order valence-corrected chi connectivity index (χ1v) is 6.22. The van der Waals surface area contributed by atoms with Crippen LogP contribution in [0.15, 0.2) is 11.4 Å². The topological polar surface area (TPSA) is 52.3 Å². The standard InChI is InChI=1S/C12H17NO2S/c1-11(2)6-12(11,7-13)9-4-8(5-16-9)10(14)15-3/h4-5H,6-7,13H2,1-3H3. The van der Waals surface area contributed by atoms with E-state index >= 15 is 0 Å². The number of methoxy groups -OCH3 is 1. The predicted molar refractivity (Wildman–Crippen MR) is 64.8 cm³/mol. The maximum Gasteiger partial charge on any atom is 0.338 e. The van der Waals surface area contributed by atoms with Crippen LogP contribution >= 0.6 is 11.3 Å². The zero-order valence-electron chi connectivity index (χ0n) is 9.87. The smallest absolute Gasteiger partial charge is 0.338 e. The number of ether oxygens (including phenoxy) is 1. The van der Waals surface area contributed by atoms with Crippen LogP contribution < -0.4 is 5.73 Å². The Labute approximate surface area is 99.6 Å². The molecule has 4 heteroatoms. The molecule has 1 aromatic heterocycles. The molecule has 1 heterocycles. The van der Waals surface area contributed by atoms with E-state index in [1.807, 2.05) is 11.4 Å². The van der Waals surface area contributed by atoms with E-state index in [9.17, 15) is 4.79 Å². The molecular weight excluding hydrogens is 222 g/mol. The lowest BCUT2D eigenvalue weighted by molar-refractivity contribution is 0.0601. The molecule has 1 aliphatic carbocycles. The van der Waals surface area contributed by atoms with E-state index in [1.165, 1.54) is 12.0 Å². The number of hydrogen-bond donors (Lipinski definition) is 1. The normalized spacial score (nSPS) is 26.5. The van der Waals surface area contributed by atoms with E-state index in [2.05, 4.69) is 13.8 Å². The van der Waals surface area contributed by atoms with Gasteiger partial charge in [-0.05, 0) is 17.9 Å². The molecule has 1 saturated carbocycles. The number of nitrogens with two attached hydrogens (primary N) is 1. The second kappa shape index (κ2) is 3.57. The van der Waals surface area contributed by atoms with Crippen LogP contribution in [-0.2, 0) is 10.2 Å². The molecule has 1 aromatic rings. The maximum absolute atomic E-state index is 11.4. The fraction of sp³-hybridized carbons (Fsp3) is 0.583. The van der Waals surface area contributed by atoms with Crippen molar-refractivity contribution >= 4 is 17.3 Å². The minimum absolute atomic E-state index is 0.0734. The van der Waals surface area contributed by atoms with E-state index in [0.717, 1.165) is 6.42 Å². The zero-order chi connectivity index (χ0) is 12.0. The van der Waals surface area contributed by atoms with Gasteiger partial charge in [0, 0.05) is 22.2 Å². The quantitative estimate of drug-likeness (QED) is 0.822. The number of thiophene rings is 1. The Balaban J connectivity index is 2.29. The summed E-state index contributed by atoms with van der Waals surface area (Å²) in [4.78, 5) is 12.6. The van der Waals surface area contributed by atoms with Gasteiger partial charge < -0.3 is 10.5 Å². The Morgan fingerprint density at radius 3 is 2.69 bits per heavy atom. The van der Waals surface area contributed by atoms with E-state index < -0.39 is 0 Å². The van der Waals surface area contributed by atoms with Gasteiger partial charge >= 0.3 is 5.97 Å². The highest BCUT2D eigenvalue weighted by Gasteiger charge is 2.61. The fourth-order valence-corrected chi connectivity index (χ4v) is 3.66. The van der Waals surface area contributed by atoms with Crippen LogP contribution in [0.5, 0.6) is 0 Å². The Morgan fingerprint density at radius 1 is 1.62 bits per heavy atom. The van der Waals surface area contributed by atoms with Gasteiger partial charge in [-0.1, -0.05) is 13.8 Å². The van der Waals surface area contributed by atoms with Gasteiger partial charge in [-0.2, -0.15) is 0 Å². The van der Waals surface area contributed by atoms with Gasteiger partial charge in [0.25, 0.3) is 0 Å². The molecule has 0 saturated heterocycles. The first kappa shape index (κ1) is 11.6. The lowest BCUT2D eigenvalue weighted by atomic mass is 9.94. The molecule has 0 aliphatic heterocycles. The van der Waals surface area contributed by atoms with Crippen molar-refractivity contribution in [1.29, 1.82) is 0 Å². The third-order valence-electron chi connectivity index (χ3n) is 3.75. The average molecular weight is 239 g/mol. The molecule has 0 amide bonds. The number of esters is 1. The van der Waals surface area contributed by atoms with Crippen molar-refractivity contribution in [1.82, 2.24) is 0 Å². The van der Waals surface area contributed by atoms with Crippen LogP contribution in [0.3, 0.4) is 0 Å². The summed E-state index contributed by atoms with van der Waals surface area (Å²) in [5.74, 6) is -0.270.